The Kier molecular flexibility index (Phi) is 18.5. The second-order valence-electron chi connectivity index (χ2n) is 11.9. The fourth-order valence-corrected chi connectivity index (χ4v) is 4.27. The minimum absolute atomic E-state index is 0.0243. The van der Waals surface area contributed by atoms with Crippen LogP contribution in [0.5, 0.6) is 0 Å². The highest BCUT2D eigenvalue weighted by molar-refractivity contribution is 6.13. The summed E-state index contributed by atoms with van der Waals surface area (Å²) in [7, 11) is 0. The van der Waals surface area contributed by atoms with Gasteiger partial charge in [0.05, 0.1) is 58.9 Å². The van der Waals surface area contributed by atoms with Crippen molar-refractivity contribution in [3.05, 3.63) is 12.2 Å². The summed E-state index contributed by atoms with van der Waals surface area (Å²) in [6.07, 6.45) is 2.60. The third-order valence-electron chi connectivity index (χ3n) is 6.65. The van der Waals surface area contributed by atoms with Gasteiger partial charge in [-0.05, 0) is 5.92 Å². The molecule has 0 bridgehead atoms. The van der Waals surface area contributed by atoms with E-state index < -0.39 is 29.2 Å². The normalized spacial score (nSPS) is 14.7. The van der Waals surface area contributed by atoms with Gasteiger partial charge in [0, 0.05) is 55.8 Å². The van der Waals surface area contributed by atoms with Crippen molar-refractivity contribution in [3.63, 3.8) is 0 Å². The van der Waals surface area contributed by atoms with E-state index in [-0.39, 0.29) is 61.7 Å². The van der Waals surface area contributed by atoms with Crippen LogP contribution < -0.4 is 10.6 Å². The second kappa shape index (κ2) is 20.9. The molecule has 1 rings (SSSR count). The van der Waals surface area contributed by atoms with Gasteiger partial charge in [-0.3, -0.25) is 33.7 Å². The average molecular weight is 626 g/mol. The summed E-state index contributed by atoms with van der Waals surface area (Å²) >= 11 is 0. The molecule has 4 amide bonds. The Labute approximate surface area is 260 Å². The molecule has 0 saturated carbocycles. The highest BCUT2D eigenvalue weighted by atomic mass is 16.6. The number of hydrogen-bond acceptors (Lipinski definition) is 10. The van der Waals surface area contributed by atoms with Crippen molar-refractivity contribution < 1.29 is 47.7 Å². The number of carbonyl (C=O) groups excluding carboxylic acids is 6. The van der Waals surface area contributed by atoms with Gasteiger partial charge in [0.2, 0.25) is 11.8 Å². The summed E-state index contributed by atoms with van der Waals surface area (Å²) in [5.74, 6) is -2.01. The van der Waals surface area contributed by atoms with Crippen molar-refractivity contribution in [1.82, 2.24) is 15.5 Å². The largest absolute Gasteiger partial charge is 0.379 e. The molecule has 0 aromatic heterocycles. The highest BCUT2D eigenvalue weighted by Crippen LogP contribution is 2.23. The number of Topliss-reactive ketones (excluding diaryl/α,β-unsaturated/α-hetero) is 2. The van der Waals surface area contributed by atoms with Crippen LogP contribution in [0.1, 0.15) is 60.8 Å². The van der Waals surface area contributed by atoms with Crippen molar-refractivity contribution in [2.24, 2.45) is 17.3 Å². The molecule has 0 unspecified atom stereocenters. The van der Waals surface area contributed by atoms with Crippen molar-refractivity contribution >= 4 is 35.2 Å². The van der Waals surface area contributed by atoms with E-state index in [0.29, 0.717) is 52.8 Å². The van der Waals surface area contributed by atoms with E-state index in [0.717, 1.165) is 4.90 Å². The SMILES string of the molecule is CC(C)[C@H](NC(=O)CCOCCOCCOCCOCCNC(=O)CCN1C(=O)C=CC1=O)C(=O)C[C@@H](C)C(=O)C(C)(C)C. The van der Waals surface area contributed by atoms with Crippen molar-refractivity contribution in [2.45, 2.75) is 66.8 Å². The first-order chi connectivity index (χ1) is 20.7. The highest BCUT2D eigenvalue weighted by Gasteiger charge is 2.31. The number of ketones is 2. The lowest BCUT2D eigenvalue weighted by atomic mass is 9.80. The van der Waals surface area contributed by atoms with E-state index in [1.807, 2.05) is 34.6 Å². The monoisotopic (exact) mass is 625 g/mol. The third kappa shape index (κ3) is 16.2. The summed E-state index contributed by atoms with van der Waals surface area (Å²) < 4.78 is 21.7. The quantitative estimate of drug-likeness (QED) is 0.118. The minimum Gasteiger partial charge on any atom is -0.379 e. The predicted octanol–water partition coefficient (Wildman–Crippen LogP) is 1.23. The van der Waals surface area contributed by atoms with E-state index >= 15 is 0 Å². The molecule has 0 radical (unpaired) electrons. The van der Waals surface area contributed by atoms with Crippen LogP contribution in [0.3, 0.4) is 0 Å². The molecule has 250 valence electrons. The Hall–Kier alpha value is -3.00. The first kappa shape index (κ1) is 39.0. The Balaban J connectivity index is 1.99. The smallest absolute Gasteiger partial charge is 0.253 e. The van der Waals surface area contributed by atoms with Gasteiger partial charge in [0.1, 0.15) is 5.78 Å². The van der Waals surface area contributed by atoms with Crippen LogP contribution in [-0.4, -0.2) is 112 Å². The van der Waals surface area contributed by atoms with E-state index in [2.05, 4.69) is 10.6 Å². The fraction of sp³-hybridized carbons (Fsp3) is 0.742. The lowest BCUT2D eigenvalue weighted by Gasteiger charge is -2.25. The summed E-state index contributed by atoms with van der Waals surface area (Å²) in [5.41, 5.74) is -0.522. The summed E-state index contributed by atoms with van der Waals surface area (Å²) in [4.78, 5) is 73.3. The zero-order valence-corrected chi connectivity index (χ0v) is 27.1. The van der Waals surface area contributed by atoms with Gasteiger partial charge < -0.3 is 29.6 Å². The number of ether oxygens (including phenoxy) is 4. The number of amides is 4. The van der Waals surface area contributed by atoms with Gasteiger partial charge in [0.25, 0.3) is 11.8 Å². The summed E-state index contributed by atoms with van der Waals surface area (Å²) in [6, 6.07) is -0.650. The maximum absolute atomic E-state index is 12.8. The van der Waals surface area contributed by atoms with Crippen LogP contribution in [-0.2, 0) is 47.7 Å². The van der Waals surface area contributed by atoms with Crippen LogP contribution in [0.2, 0.25) is 0 Å². The maximum Gasteiger partial charge on any atom is 0.253 e. The molecule has 0 aromatic rings. The van der Waals surface area contributed by atoms with Gasteiger partial charge in [-0.25, -0.2) is 0 Å². The van der Waals surface area contributed by atoms with Gasteiger partial charge in [-0.15, -0.1) is 0 Å². The number of nitrogens with one attached hydrogen (secondary N) is 2. The number of nitrogens with zero attached hydrogens (tertiary/aromatic N) is 1. The van der Waals surface area contributed by atoms with Gasteiger partial charge in [-0.2, -0.15) is 0 Å². The van der Waals surface area contributed by atoms with Crippen molar-refractivity contribution in [2.75, 3.05) is 65.9 Å². The van der Waals surface area contributed by atoms with Crippen LogP contribution in [0, 0.1) is 17.3 Å². The molecule has 1 aliphatic rings. The number of rotatable bonds is 24. The molecular formula is C31H51N3O10. The fourth-order valence-electron chi connectivity index (χ4n) is 4.27. The molecule has 0 aromatic carbocycles. The van der Waals surface area contributed by atoms with Crippen LogP contribution in [0.4, 0.5) is 0 Å². The van der Waals surface area contributed by atoms with Crippen molar-refractivity contribution in [3.8, 4) is 0 Å². The molecule has 0 aliphatic carbocycles. The molecule has 13 heteroatoms. The predicted molar refractivity (Wildman–Crippen MR) is 161 cm³/mol. The number of carbonyl (C=O) groups is 6. The Morgan fingerprint density at radius 2 is 1.25 bits per heavy atom. The average Bonchev–Trinajstić information content (AvgIpc) is 3.27. The van der Waals surface area contributed by atoms with Gasteiger partial charge in [-0.1, -0.05) is 41.5 Å². The lowest BCUT2D eigenvalue weighted by Crippen LogP contribution is -2.45. The summed E-state index contributed by atoms with van der Waals surface area (Å²) in [6.45, 7) is 13.9. The number of imide groups is 1. The molecule has 2 N–H and O–H groups in total. The maximum atomic E-state index is 12.8. The summed E-state index contributed by atoms with van der Waals surface area (Å²) in [5, 5.41) is 5.45. The van der Waals surface area contributed by atoms with Crippen LogP contribution in [0.15, 0.2) is 12.2 Å². The zero-order chi connectivity index (χ0) is 33.1. The Morgan fingerprint density at radius 1 is 0.750 bits per heavy atom. The Bertz CT molecular complexity index is 972. The van der Waals surface area contributed by atoms with Crippen LogP contribution in [0.25, 0.3) is 0 Å². The lowest BCUT2D eigenvalue weighted by molar-refractivity contribution is -0.137. The molecule has 13 nitrogen and oxygen atoms in total. The second-order valence-corrected chi connectivity index (χ2v) is 11.9. The van der Waals surface area contributed by atoms with Gasteiger partial charge in [0.15, 0.2) is 5.78 Å². The zero-order valence-electron chi connectivity index (χ0n) is 27.1. The molecule has 0 saturated heterocycles. The van der Waals surface area contributed by atoms with E-state index in [4.69, 9.17) is 18.9 Å². The molecule has 0 fully saturated rings. The molecule has 2 atom stereocenters. The standard InChI is InChI=1S/C31H51N3O10/c1-22(2)29(24(35)21-23(3)30(40)31(4,5)6)33-26(37)10-13-41-15-17-43-19-20-44-18-16-42-14-11-32-25(36)9-12-34-27(38)7-8-28(34)39/h7-8,22-23,29H,9-21H2,1-6H3,(H,32,36)(H,33,37)/t23-,29+/m1/s1. The van der Waals surface area contributed by atoms with Crippen molar-refractivity contribution in [1.29, 1.82) is 0 Å². The Morgan fingerprint density at radius 3 is 1.75 bits per heavy atom. The first-order valence-corrected chi connectivity index (χ1v) is 15.2. The molecule has 44 heavy (non-hydrogen) atoms. The van der Waals surface area contributed by atoms with E-state index in [9.17, 15) is 28.8 Å². The van der Waals surface area contributed by atoms with E-state index in [1.165, 1.54) is 12.2 Å². The molecular weight excluding hydrogens is 574 g/mol. The molecule has 0 spiro atoms. The number of hydrogen-bond donors (Lipinski definition) is 2. The van der Waals surface area contributed by atoms with Gasteiger partial charge >= 0.3 is 0 Å². The van der Waals surface area contributed by atoms with E-state index in [1.54, 1.807) is 6.92 Å². The molecule has 1 aliphatic heterocycles. The minimum atomic E-state index is -0.650. The van der Waals surface area contributed by atoms with Crippen LogP contribution >= 0.6 is 0 Å². The first-order valence-electron chi connectivity index (χ1n) is 15.2. The molecule has 1 heterocycles. The topological polar surface area (TPSA) is 167 Å². The third-order valence-corrected chi connectivity index (χ3v) is 6.65.